The van der Waals surface area contributed by atoms with E-state index in [-0.39, 0.29) is 18.1 Å². The number of amides is 1. The van der Waals surface area contributed by atoms with Crippen molar-refractivity contribution in [3.8, 4) is 0 Å². The second-order valence-corrected chi connectivity index (χ2v) is 6.72. The van der Waals surface area contributed by atoms with Gasteiger partial charge in [0.2, 0.25) is 5.91 Å². The van der Waals surface area contributed by atoms with Crippen LogP contribution in [-0.2, 0) is 9.53 Å². The highest BCUT2D eigenvalue weighted by Crippen LogP contribution is 2.25. The first-order valence-corrected chi connectivity index (χ1v) is 7.64. The third kappa shape index (κ3) is 3.93. The molecule has 0 aromatic heterocycles. The van der Waals surface area contributed by atoms with Gasteiger partial charge in [-0.3, -0.25) is 4.79 Å². The smallest absolute Gasteiger partial charge is 0.248 e. The molecule has 1 N–H and O–H groups in total. The van der Waals surface area contributed by atoms with Gasteiger partial charge < -0.3 is 15.0 Å². The van der Waals surface area contributed by atoms with Crippen LogP contribution in [0.3, 0.4) is 0 Å². The third-order valence-electron chi connectivity index (χ3n) is 4.19. The SMILES string of the molecule is CC(C)CN(C(=O)COC1(C)CNC1)C1CCCC1. The lowest BCUT2D eigenvalue weighted by molar-refractivity contribution is -0.148. The lowest BCUT2D eigenvalue weighted by Gasteiger charge is -2.40. The summed E-state index contributed by atoms with van der Waals surface area (Å²) < 4.78 is 5.80. The number of hydrogen-bond donors (Lipinski definition) is 1. The zero-order valence-electron chi connectivity index (χ0n) is 12.6. The van der Waals surface area contributed by atoms with E-state index >= 15 is 0 Å². The molecule has 0 unspecified atom stereocenters. The molecule has 1 aliphatic carbocycles. The van der Waals surface area contributed by atoms with Crippen molar-refractivity contribution in [1.29, 1.82) is 0 Å². The maximum absolute atomic E-state index is 12.4. The Hall–Kier alpha value is -0.610. The molecule has 1 aliphatic heterocycles. The molecule has 2 rings (SSSR count). The summed E-state index contributed by atoms with van der Waals surface area (Å²) in [5.41, 5.74) is -0.130. The first-order valence-electron chi connectivity index (χ1n) is 7.64. The molecule has 0 aromatic rings. The van der Waals surface area contributed by atoms with E-state index in [4.69, 9.17) is 4.74 Å². The Morgan fingerprint density at radius 1 is 1.37 bits per heavy atom. The Balaban J connectivity index is 1.86. The monoisotopic (exact) mass is 268 g/mol. The van der Waals surface area contributed by atoms with Crippen molar-refractivity contribution in [2.75, 3.05) is 26.2 Å². The number of carbonyl (C=O) groups is 1. The van der Waals surface area contributed by atoms with Crippen LogP contribution in [0.1, 0.15) is 46.5 Å². The van der Waals surface area contributed by atoms with Crippen LogP contribution in [0, 0.1) is 5.92 Å². The van der Waals surface area contributed by atoms with E-state index in [2.05, 4.69) is 31.0 Å². The molecule has 1 heterocycles. The molecule has 110 valence electrons. The standard InChI is InChI=1S/C15H28N2O2/c1-12(2)8-17(13-6-4-5-7-13)14(18)9-19-15(3)10-16-11-15/h12-13,16H,4-11H2,1-3H3. The number of hydrogen-bond acceptors (Lipinski definition) is 3. The van der Waals surface area contributed by atoms with Crippen LogP contribution in [0.2, 0.25) is 0 Å². The molecular weight excluding hydrogens is 240 g/mol. The van der Waals surface area contributed by atoms with Crippen LogP contribution in [0.15, 0.2) is 0 Å². The summed E-state index contributed by atoms with van der Waals surface area (Å²) in [6, 6.07) is 0.450. The molecule has 0 bridgehead atoms. The van der Waals surface area contributed by atoms with Gasteiger partial charge in [-0.2, -0.15) is 0 Å². The van der Waals surface area contributed by atoms with Gasteiger partial charge in [0, 0.05) is 25.7 Å². The van der Waals surface area contributed by atoms with Crippen LogP contribution < -0.4 is 5.32 Å². The van der Waals surface area contributed by atoms with Gasteiger partial charge in [-0.25, -0.2) is 0 Å². The third-order valence-corrected chi connectivity index (χ3v) is 4.19. The summed E-state index contributed by atoms with van der Waals surface area (Å²) in [6.07, 6.45) is 4.85. The van der Waals surface area contributed by atoms with E-state index in [1.807, 2.05) is 0 Å². The van der Waals surface area contributed by atoms with Gasteiger partial charge in [0.05, 0.1) is 5.60 Å². The van der Waals surface area contributed by atoms with Gasteiger partial charge in [-0.15, -0.1) is 0 Å². The Kier molecular flexibility index (Phi) is 4.85. The summed E-state index contributed by atoms with van der Waals surface area (Å²) in [5.74, 6) is 0.694. The predicted molar refractivity (Wildman–Crippen MR) is 76.0 cm³/mol. The van der Waals surface area contributed by atoms with Crippen LogP contribution in [0.4, 0.5) is 0 Å². The van der Waals surface area contributed by atoms with Gasteiger partial charge in [-0.05, 0) is 25.7 Å². The number of rotatable bonds is 6. The maximum atomic E-state index is 12.4. The lowest BCUT2D eigenvalue weighted by Crippen LogP contribution is -2.60. The Bertz CT molecular complexity index is 307. The quantitative estimate of drug-likeness (QED) is 0.798. The van der Waals surface area contributed by atoms with Gasteiger partial charge in [0.15, 0.2) is 0 Å². The molecule has 0 aromatic carbocycles. The second kappa shape index (κ2) is 6.23. The molecule has 4 nitrogen and oxygen atoms in total. The topological polar surface area (TPSA) is 41.6 Å². The molecule has 0 radical (unpaired) electrons. The number of ether oxygens (including phenoxy) is 1. The molecule has 0 atom stereocenters. The highest BCUT2D eigenvalue weighted by molar-refractivity contribution is 5.78. The first kappa shape index (κ1) is 14.8. The van der Waals surface area contributed by atoms with E-state index < -0.39 is 0 Å². The zero-order chi connectivity index (χ0) is 13.9. The molecule has 1 amide bonds. The van der Waals surface area contributed by atoms with Gasteiger partial charge >= 0.3 is 0 Å². The maximum Gasteiger partial charge on any atom is 0.248 e. The average molecular weight is 268 g/mol. The fourth-order valence-electron chi connectivity index (χ4n) is 2.96. The average Bonchev–Trinajstić information content (AvgIpc) is 2.84. The Morgan fingerprint density at radius 3 is 2.47 bits per heavy atom. The lowest BCUT2D eigenvalue weighted by atomic mass is 10.0. The van der Waals surface area contributed by atoms with Crippen molar-refractivity contribution in [1.82, 2.24) is 10.2 Å². The van der Waals surface area contributed by atoms with Gasteiger partial charge in [0.1, 0.15) is 6.61 Å². The predicted octanol–water partition coefficient (Wildman–Crippen LogP) is 1.79. The van der Waals surface area contributed by atoms with Gasteiger partial charge in [-0.1, -0.05) is 26.7 Å². The summed E-state index contributed by atoms with van der Waals surface area (Å²) in [5, 5.41) is 3.19. The number of carbonyl (C=O) groups excluding carboxylic acids is 1. The minimum Gasteiger partial charge on any atom is -0.363 e. The zero-order valence-corrected chi connectivity index (χ0v) is 12.6. The van der Waals surface area contributed by atoms with Crippen LogP contribution >= 0.6 is 0 Å². The summed E-state index contributed by atoms with van der Waals surface area (Å²) in [6.45, 7) is 9.23. The molecule has 1 saturated carbocycles. The van der Waals surface area contributed by atoms with Gasteiger partial charge in [0.25, 0.3) is 0 Å². The highest BCUT2D eigenvalue weighted by Gasteiger charge is 2.34. The van der Waals surface area contributed by atoms with Crippen molar-refractivity contribution in [3.63, 3.8) is 0 Å². The van der Waals surface area contributed by atoms with Crippen LogP contribution in [0.25, 0.3) is 0 Å². The van der Waals surface area contributed by atoms with E-state index in [9.17, 15) is 4.79 Å². The normalized spacial score (nSPS) is 22.5. The first-order chi connectivity index (χ1) is 9.00. The molecule has 1 saturated heterocycles. The molecular formula is C15H28N2O2. The van der Waals surface area contributed by atoms with Crippen molar-refractivity contribution in [2.24, 2.45) is 5.92 Å². The summed E-state index contributed by atoms with van der Waals surface area (Å²) in [7, 11) is 0. The minimum atomic E-state index is -0.130. The van der Waals surface area contributed by atoms with Crippen molar-refractivity contribution in [2.45, 2.75) is 58.1 Å². The summed E-state index contributed by atoms with van der Waals surface area (Å²) in [4.78, 5) is 14.5. The molecule has 0 spiro atoms. The minimum absolute atomic E-state index is 0.130. The molecule has 4 heteroatoms. The summed E-state index contributed by atoms with van der Waals surface area (Å²) >= 11 is 0. The largest absolute Gasteiger partial charge is 0.363 e. The second-order valence-electron chi connectivity index (χ2n) is 6.72. The van der Waals surface area contributed by atoms with Crippen molar-refractivity contribution >= 4 is 5.91 Å². The van der Waals surface area contributed by atoms with E-state index in [1.54, 1.807) is 0 Å². The molecule has 2 fully saturated rings. The van der Waals surface area contributed by atoms with E-state index in [0.29, 0.717) is 12.0 Å². The number of nitrogens with one attached hydrogen (secondary N) is 1. The fraction of sp³-hybridized carbons (Fsp3) is 0.933. The van der Waals surface area contributed by atoms with Crippen LogP contribution in [-0.4, -0.2) is 48.7 Å². The molecule has 19 heavy (non-hydrogen) atoms. The van der Waals surface area contributed by atoms with Crippen molar-refractivity contribution < 1.29 is 9.53 Å². The van der Waals surface area contributed by atoms with E-state index in [1.165, 1.54) is 12.8 Å². The highest BCUT2D eigenvalue weighted by atomic mass is 16.5. The van der Waals surface area contributed by atoms with Crippen LogP contribution in [0.5, 0.6) is 0 Å². The van der Waals surface area contributed by atoms with Crippen molar-refractivity contribution in [3.05, 3.63) is 0 Å². The van der Waals surface area contributed by atoms with E-state index in [0.717, 1.165) is 32.5 Å². The molecule has 2 aliphatic rings. The Morgan fingerprint density at radius 2 is 2.00 bits per heavy atom. The number of nitrogens with zero attached hydrogens (tertiary/aromatic N) is 1. The Labute approximate surface area is 116 Å². The fourth-order valence-corrected chi connectivity index (χ4v) is 2.96.